The van der Waals surface area contributed by atoms with Crippen LogP contribution in [0.2, 0.25) is 0 Å². The lowest BCUT2D eigenvalue weighted by Gasteiger charge is -2.04. The van der Waals surface area contributed by atoms with Crippen LogP contribution < -0.4 is 4.74 Å². The number of esters is 1. The molecule has 0 fully saturated rings. The van der Waals surface area contributed by atoms with Crippen molar-refractivity contribution in [3.05, 3.63) is 59.9 Å². The summed E-state index contributed by atoms with van der Waals surface area (Å²) < 4.78 is 5.14. The number of aliphatic hydroxyl groups is 1. The van der Waals surface area contributed by atoms with E-state index in [-0.39, 0.29) is 6.61 Å². The number of nitrogens with zero attached hydrogens (tertiary/aromatic N) is 1. The van der Waals surface area contributed by atoms with Crippen molar-refractivity contribution in [1.29, 1.82) is 0 Å². The Labute approximate surface area is 98.5 Å². The molecule has 0 spiro atoms. The molecule has 0 atom stereocenters. The molecule has 1 aromatic heterocycles. The van der Waals surface area contributed by atoms with Gasteiger partial charge in [0.2, 0.25) is 0 Å². The number of benzene rings is 1. The molecule has 0 aliphatic rings. The van der Waals surface area contributed by atoms with Crippen LogP contribution in [0.1, 0.15) is 15.9 Å². The SMILES string of the molecule is O=C(Oc1ccc(CO)cc1)c1cccnc1. The number of carbonyl (C=O) groups is 1. The molecule has 0 aliphatic carbocycles. The quantitative estimate of drug-likeness (QED) is 0.644. The summed E-state index contributed by atoms with van der Waals surface area (Å²) >= 11 is 0. The van der Waals surface area contributed by atoms with E-state index in [1.54, 1.807) is 42.6 Å². The fourth-order valence-electron chi connectivity index (χ4n) is 1.31. The minimum atomic E-state index is -0.449. The topological polar surface area (TPSA) is 59.4 Å². The molecule has 0 saturated carbocycles. The van der Waals surface area contributed by atoms with Gasteiger partial charge in [-0.15, -0.1) is 0 Å². The number of rotatable bonds is 3. The van der Waals surface area contributed by atoms with Gasteiger partial charge in [0, 0.05) is 12.4 Å². The monoisotopic (exact) mass is 229 g/mol. The summed E-state index contributed by atoms with van der Waals surface area (Å²) in [7, 11) is 0. The first-order valence-electron chi connectivity index (χ1n) is 5.11. The van der Waals surface area contributed by atoms with Gasteiger partial charge < -0.3 is 9.84 Å². The Balaban J connectivity index is 2.08. The third-order valence-corrected chi connectivity index (χ3v) is 2.21. The highest BCUT2D eigenvalue weighted by atomic mass is 16.5. The number of pyridine rings is 1. The Morgan fingerprint density at radius 1 is 1.24 bits per heavy atom. The van der Waals surface area contributed by atoms with Crippen molar-refractivity contribution in [2.45, 2.75) is 6.61 Å². The van der Waals surface area contributed by atoms with E-state index in [2.05, 4.69) is 4.98 Å². The highest BCUT2D eigenvalue weighted by molar-refractivity contribution is 5.90. The number of aromatic nitrogens is 1. The minimum Gasteiger partial charge on any atom is -0.423 e. The molecule has 0 amide bonds. The number of hydrogen-bond donors (Lipinski definition) is 1. The summed E-state index contributed by atoms with van der Waals surface area (Å²) in [5.74, 6) is -0.00842. The highest BCUT2D eigenvalue weighted by Gasteiger charge is 2.07. The van der Waals surface area contributed by atoms with Crippen LogP contribution >= 0.6 is 0 Å². The fourth-order valence-corrected chi connectivity index (χ4v) is 1.31. The molecule has 86 valence electrons. The van der Waals surface area contributed by atoms with Crippen molar-refractivity contribution in [1.82, 2.24) is 4.98 Å². The van der Waals surface area contributed by atoms with Crippen LogP contribution in [0.15, 0.2) is 48.8 Å². The summed E-state index contributed by atoms with van der Waals surface area (Å²) in [6.45, 7) is -0.0309. The van der Waals surface area contributed by atoms with E-state index < -0.39 is 5.97 Å². The molecule has 4 nitrogen and oxygen atoms in total. The predicted molar refractivity (Wildman–Crippen MR) is 61.6 cm³/mol. The lowest BCUT2D eigenvalue weighted by molar-refractivity contribution is 0.0734. The van der Waals surface area contributed by atoms with Crippen LogP contribution in [-0.4, -0.2) is 16.1 Å². The van der Waals surface area contributed by atoms with Gasteiger partial charge in [-0.1, -0.05) is 12.1 Å². The van der Waals surface area contributed by atoms with E-state index in [1.165, 1.54) is 6.20 Å². The van der Waals surface area contributed by atoms with Crippen LogP contribution in [-0.2, 0) is 6.61 Å². The maximum absolute atomic E-state index is 11.7. The second kappa shape index (κ2) is 5.23. The molecule has 2 rings (SSSR count). The van der Waals surface area contributed by atoms with Crippen LogP contribution in [0.4, 0.5) is 0 Å². The Kier molecular flexibility index (Phi) is 3.47. The molecule has 1 aromatic carbocycles. The number of aliphatic hydroxyl groups excluding tert-OH is 1. The van der Waals surface area contributed by atoms with Gasteiger partial charge in [-0.25, -0.2) is 4.79 Å². The summed E-state index contributed by atoms with van der Waals surface area (Å²) in [4.78, 5) is 15.5. The Hall–Kier alpha value is -2.20. The molecule has 4 heteroatoms. The van der Waals surface area contributed by atoms with Gasteiger partial charge in [0.1, 0.15) is 5.75 Å². The molecule has 0 radical (unpaired) electrons. The van der Waals surface area contributed by atoms with Crippen molar-refractivity contribution in [2.24, 2.45) is 0 Å². The lowest BCUT2D eigenvalue weighted by atomic mass is 10.2. The van der Waals surface area contributed by atoms with Gasteiger partial charge in [0.05, 0.1) is 12.2 Å². The van der Waals surface area contributed by atoms with Crippen LogP contribution in [0, 0.1) is 0 Å². The van der Waals surface area contributed by atoms with Crippen molar-refractivity contribution in [2.75, 3.05) is 0 Å². The molecule has 1 N–H and O–H groups in total. The largest absolute Gasteiger partial charge is 0.423 e. The van der Waals surface area contributed by atoms with Crippen LogP contribution in [0.3, 0.4) is 0 Å². The summed E-state index contributed by atoms with van der Waals surface area (Å²) in [6, 6.07) is 9.99. The number of carbonyl (C=O) groups excluding carboxylic acids is 1. The van der Waals surface area contributed by atoms with Gasteiger partial charge in [-0.05, 0) is 29.8 Å². The van der Waals surface area contributed by atoms with Gasteiger partial charge in [0.25, 0.3) is 0 Å². The molecule has 0 unspecified atom stereocenters. The Bertz CT molecular complexity index is 494. The summed E-state index contributed by atoms with van der Waals surface area (Å²) in [6.07, 6.45) is 3.04. The smallest absolute Gasteiger partial charge is 0.345 e. The first-order valence-corrected chi connectivity index (χ1v) is 5.11. The summed E-state index contributed by atoms with van der Waals surface area (Å²) in [5, 5.41) is 8.87. The van der Waals surface area contributed by atoms with Crippen LogP contribution in [0.25, 0.3) is 0 Å². The normalized spacial score (nSPS) is 9.94. The average Bonchev–Trinajstić information content (AvgIpc) is 2.40. The van der Waals surface area contributed by atoms with Crippen molar-refractivity contribution in [3.63, 3.8) is 0 Å². The predicted octanol–water partition coefficient (Wildman–Crippen LogP) is 1.79. The maximum atomic E-state index is 11.7. The average molecular weight is 229 g/mol. The van der Waals surface area contributed by atoms with E-state index in [1.807, 2.05) is 0 Å². The molecule has 0 bridgehead atoms. The minimum absolute atomic E-state index is 0.0309. The molecule has 17 heavy (non-hydrogen) atoms. The van der Waals surface area contributed by atoms with E-state index >= 15 is 0 Å². The van der Waals surface area contributed by atoms with E-state index in [0.29, 0.717) is 11.3 Å². The molecule has 2 aromatic rings. The lowest BCUT2D eigenvalue weighted by Crippen LogP contribution is -2.08. The van der Waals surface area contributed by atoms with Crippen LogP contribution in [0.5, 0.6) is 5.75 Å². The second-order valence-electron chi connectivity index (χ2n) is 3.43. The molecular weight excluding hydrogens is 218 g/mol. The second-order valence-corrected chi connectivity index (χ2v) is 3.43. The zero-order valence-corrected chi connectivity index (χ0v) is 9.04. The van der Waals surface area contributed by atoms with Crippen molar-refractivity contribution < 1.29 is 14.6 Å². The molecule has 0 saturated heterocycles. The van der Waals surface area contributed by atoms with E-state index in [9.17, 15) is 4.79 Å². The van der Waals surface area contributed by atoms with Gasteiger partial charge in [0.15, 0.2) is 0 Å². The number of hydrogen-bond acceptors (Lipinski definition) is 4. The number of ether oxygens (including phenoxy) is 1. The molecule has 0 aliphatic heterocycles. The summed E-state index contributed by atoms with van der Waals surface area (Å²) in [5.41, 5.74) is 1.17. The van der Waals surface area contributed by atoms with Gasteiger partial charge in [-0.3, -0.25) is 4.98 Å². The Morgan fingerprint density at radius 2 is 2.00 bits per heavy atom. The zero-order chi connectivity index (χ0) is 12.1. The van der Waals surface area contributed by atoms with Crippen molar-refractivity contribution >= 4 is 5.97 Å². The van der Waals surface area contributed by atoms with Crippen molar-refractivity contribution in [3.8, 4) is 5.75 Å². The molecular formula is C13H11NO3. The van der Waals surface area contributed by atoms with Gasteiger partial charge in [-0.2, -0.15) is 0 Å². The van der Waals surface area contributed by atoms with E-state index in [4.69, 9.17) is 9.84 Å². The third-order valence-electron chi connectivity index (χ3n) is 2.21. The Morgan fingerprint density at radius 3 is 2.59 bits per heavy atom. The standard InChI is InChI=1S/C13H11NO3/c15-9-10-3-5-12(6-4-10)17-13(16)11-2-1-7-14-8-11/h1-8,15H,9H2. The maximum Gasteiger partial charge on any atom is 0.345 e. The zero-order valence-electron chi connectivity index (χ0n) is 9.04. The van der Waals surface area contributed by atoms with E-state index in [0.717, 1.165) is 5.56 Å². The highest BCUT2D eigenvalue weighted by Crippen LogP contribution is 2.13. The molecule has 1 heterocycles. The fraction of sp³-hybridized carbons (Fsp3) is 0.0769. The first-order chi connectivity index (χ1) is 8.29. The first kappa shape index (κ1) is 11.3. The van der Waals surface area contributed by atoms with Gasteiger partial charge >= 0.3 is 5.97 Å². The third kappa shape index (κ3) is 2.89.